The number of nitrogens with zero attached hydrogens (tertiary/aromatic N) is 1. The summed E-state index contributed by atoms with van der Waals surface area (Å²) in [6.07, 6.45) is 0. The Morgan fingerprint density at radius 2 is 2.06 bits per heavy atom. The molecule has 0 saturated heterocycles. The van der Waals surface area contributed by atoms with Crippen molar-refractivity contribution in [3.8, 4) is 11.3 Å². The first kappa shape index (κ1) is 13.2. The monoisotopic (exact) mass is 262 g/mol. The van der Waals surface area contributed by atoms with Crippen molar-refractivity contribution in [1.82, 2.24) is 5.16 Å². The van der Waals surface area contributed by atoms with Gasteiger partial charge < -0.3 is 10.3 Å². The van der Waals surface area contributed by atoms with Gasteiger partial charge >= 0.3 is 0 Å². The molecule has 0 aliphatic heterocycles. The number of rotatable bonds is 5. The number of nitrogens with two attached hydrogens (primary N) is 1. The summed E-state index contributed by atoms with van der Waals surface area (Å²) in [6.45, 7) is 4.87. The molecule has 2 N–H and O–H groups in total. The van der Waals surface area contributed by atoms with Crippen molar-refractivity contribution >= 4 is 11.8 Å². The van der Waals surface area contributed by atoms with E-state index in [1.807, 2.05) is 6.07 Å². The average molecular weight is 262 g/mol. The highest BCUT2D eigenvalue weighted by molar-refractivity contribution is 7.99. The molecule has 0 spiro atoms. The first-order chi connectivity index (χ1) is 8.69. The van der Waals surface area contributed by atoms with Crippen molar-refractivity contribution in [3.05, 3.63) is 41.7 Å². The molecule has 0 fully saturated rings. The molecule has 2 aromatic rings. The molecule has 2 rings (SSSR count). The molecule has 1 atom stereocenters. The van der Waals surface area contributed by atoms with Gasteiger partial charge in [0.1, 0.15) is 11.5 Å². The number of hydrogen-bond donors (Lipinski definition) is 1. The fourth-order valence-corrected chi connectivity index (χ4v) is 2.25. The predicted molar refractivity (Wildman–Crippen MR) is 76.5 cm³/mol. The summed E-state index contributed by atoms with van der Waals surface area (Å²) >= 11 is 1.78. The van der Waals surface area contributed by atoms with Gasteiger partial charge in [0.25, 0.3) is 0 Å². The van der Waals surface area contributed by atoms with Gasteiger partial charge in [-0.2, -0.15) is 0 Å². The summed E-state index contributed by atoms with van der Waals surface area (Å²) < 4.78 is 5.33. The van der Waals surface area contributed by atoms with Crippen LogP contribution in [0.2, 0.25) is 0 Å². The van der Waals surface area contributed by atoms with Gasteiger partial charge in [0.05, 0.1) is 5.75 Å². The molecule has 1 aromatic heterocycles. The zero-order valence-corrected chi connectivity index (χ0v) is 11.5. The van der Waals surface area contributed by atoms with Crippen LogP contribution in [0.15, 0.2) is 34.9 Å². The maximum atomic E-state index is 5.58. The Labute approximate surface area is 112 Å². The summed E-state index contributed by atoms with van der Waals surface area (Å²) in [4.78, 5) is 0. The van der Waals surface area contributed by atoms with Crippen LogP contribution in [-0.2, 0) is 5.75 Å². The van der Waals surface area contributed by atoms with E-state index in [-0.39, 0.29) is 0 Å². The van der Waals surface area contributed by atoms with E-state index in [9.17, 15) is 0 Å². The Kier molecular flexibility index (Phi) is 4.44. The molecule has 0 radical (unpaired) electrons. The largest absolute Gasteiger partial charge is 0.360 e. The lowest BCUT2D eigenvalue weighted by atomic mass is 10.1. The zero-order valence-electron chi connectivity index (χ0n) is 10.7. The second kappa shape index (κ2) is 6.07. The van der Waals surface area contributed by atoms with E-state index >= 15 is 0 Å². The van der Waals surface area contributed by atoms with Crippen LogP contribution in [0.1, 0.15) is 18.2 Å². The van der Waals surface area contributed by atoms with Crippen molar-refractivity contribution in [3.63, 3.8) is 0 Å². The lowest BCUT2D eigenvalue weighted by molar-refractivity contribution is 0.397. The number of aryl methyl sites for hydroxylation is 1. The minimum absolute atomic E-state index is 0.443. The van der Waals surface area contributed by atoms with E-state index in [1.165, 1.54) is 5.56 Å². The lowest BCUT2D eigenvalue weighted by Crippen LogP contribution is -2.12. The molecule has 0 aliphatic carbocycles. The van der Waals surface area contributed by atoms with Gasteiger partial charge in [-0.05, 0) is 6.92 Å². The van der Waals surface area contributed by atoms with Gasteiger partial charge in [-0.25, -0.2) is 0 Å². The molecular formula is C14H18N2OS. The Hall–Kier alpha value is -1.26. The van der Waals surface area contributed by atoms with Crippen LogP contribution in [0.25, 0.3) is 11.3 Å². The molecular weight excluding hydrogens is 244 g/mol. The third kappa shape index (κ3) is 3.37. The van der Waals surface area contributed by atoms with Gasteiger partial charge in [0.2, 0.25) is 0 Å². The van der Waals surface area contributed by atoms with Gasteiger partial charge in [-0.15, -0.1) is 11.8 Å². The summed E-state index contributed by atoms with van der Waals surface area (Å²) in [5.41, 5.74) is 8.81. The fraction of sp³-hybridized carbons (Fsp3) is 0.357. The van der Waals surface area contributed by atoms with E-state index < -0.39 is 0 Å². The minimum Gasteiger partial charge on any atom is -0.360 e. The molecule has 4 heteroatoms. The molecule has 96 valence electrons. The first-order valence-electron chi connectivity index (χ1n) is 6.03. The maximum Gasteiger partial charge on any atom is 0.147 e. The standard InChI is InChI=1S/C14H18N2OS/c1-10-3-5-12(6-4-10)14-7-13(17-16-14)9-18-11(2)8-15/h3-7,11H,8-9,15H2,1-2H3. The van der Waals surface area contributed by atoms with Gasteiger partial charge in [0, 0.05) is 23.4 Å². The van der Waals surface area contributed by atoms with Gasteiger partial charge in [0.15, 0.2) is 0 Å². The zero-order chi connectivity index (χ0) is 13.0. The predicted octanol–water partition coefficient (Wildman–Crippen LogP) is 3.23. The topological polar surface area (TPSA) is 52.0 Å². The molecule has 3 nitrogen and oxygen atoms in total. The van der Waals surface area contributed by atoms with Crippen LogP contribution in [0.5, 0.6) is 0 Å². The normalized spacial score (nSPS) is 12.6. The second-order valence-corrected chi connectivity index (χ2v) is 5.83. The molecule has 0 saturated carbocycles. The summed E-state index contributed by atoms with van der Waals surface area (Å²) in [5.74, 6) is 1.72. The SMILES string of the molecule is Cc1ccc(-c2cc(CSC(C)CN)on2)cc1. The molecule has 0 amide bonds. The number of hydrogen-bond acceptors (Lipinski definition) is 4. The molecule has 0 bridgehead atoms. The first-order valence-corrected chi connectivity index (χ1v) is 7.08. The molecule has 1 unspecified atom stereocenters. The summed E-state index contributed by atoms with van der Waals surface area (Å²) in [6, 6.07) is 10.3. The number of thioether (sulfide) groups is 1. The maximum absolute atomic E-state index is 5.58. The Balaban J connectivity index is 2.03. The van der Waals surface area contributed by atoms with E-state index in [0.717, 1.165) is 22.8 Å². The van der Waals surface area contributed by atoms with E-state index in [1.54, 1.807) is 11.8 Å². The third-order valence-electron chi connectivity index (χ3n) is 2.75. The van der Waals surface area contributed by atoms with Crippen molar-refractivity contribution in [2.75, 3.05) is 6.54 Å². The van der Waals surface area contributed by atoms with Gasteiger partial charge in [-0.1, -0.05) is 41.9 Å². The van der Waals surface area contributed by atoms with Crippen molar-refractivity contribution in [2.45, 2.75) is 24.9 Å². The third-order valence-corrected chi connectivity index (χ3v) is 3.96. The molecule has 1 aromatic carbocycles. The van der Waals surface area contributed by atoms with Crippen LogP contribution < -0.4 is 5.73 Å². The number of benzene rings is 1. The molecule has 0 aliphatic rings. The Morgan fingerprint density at radius 1 is 1.33 bits per heavy atom. The van der Waals surface area contributed by atoms with E-state index in [0.29, 0.717) is 11.8 Å². The van der Waals surface area contributed by atoms with Crippen LogP contribution in [0, 0.1) is 6.92 Å². The lowest BCUT2D eigenvalue weighted by Gasteiger charge is -2.04. The van der Waals surface area contributed by atoms with Crippen LogP contribution in [-0.4, -0.2) is 17.0 Å². The summed E-state index contributed by atoms with van der Waals surface area (Å²) in [5, 5.41) is 4.54. The van der Waals surface area contributed by atoms with Crippen molar-refractivity contribution in [1.29, 1.82) is 0 Å². The molecule has 18 heavy (non-hydrogen) atoms. The van der Waals surface area contributed by atoms with E-state index in [2.05, 4.69) is 43.3 Å². The van der Waals surface area contributed by atoms with Crippen LogP contribution in [0.4, 0.5) is 0 Å². The summed E-state index contributed by atoms with van der Waals surface area (Å²) in [7, 11) is 0. The highest BCUT2D eigenvalue weighted by Gasteiger charge is 2.08. The molecule has 1 heterocycles. The minimum atomic E-state index is 0.443. The average Bonchev–Trinajstić information content (AvgIpc) is 2.85. The van der Waals surface area contributed by atoms with Crippen molar-refractivity contribution in [2.24, 2.45) is 5.73 Å². The van der Waals surface area contributed by atoms with Crippen LogP contribution >= 0.6 is 11.8 Å². The second-order valence-electron chi connectivity index (χ2n) is 4.40. The highest BCUT2D eigenvalue weighted by Crippen LogP contribution is 2.23. The Morgan fingerprint density at radius 3 is 2.72 bits per heavy atom. The smallest absolute Gasteiger partial charge is 0.147 e. The highest BCUT2D eigenvalue weighted by atomic mass is 32.2. The van der Waals surface area contributed by atoms with Crippen molar-refractivity contribution < 1.29 is 4.52 Å². The van der Waals surface area contributed by atoms with Crippen LogP contribution in [0.3, 0.4) is 0 Å². The quantitative estimate of drug-likeness (QED) is 0.898. The van der Waals surface area contributed by atoms with Gasteiger partial charge in [-0.3, -0.25) is 0 Å². The van der Waals surface area contributed by atoms with E-state index in [4.69, 9.17) is 10.3 Å². The number of aromatic nitrogens is 1. The fourth-order valence-electron chi connectivity index (χ4n) is 1.53. The Bertz CT molecular complexity index is 493.